The highest BCUT2D eigenvalue weighted by atomic mass is 79.9. The van der Waals surface area contributed by atoms with Crippen LogP contribution < -0.4 is 10.6 Å². The van der Waals surface area contributed by atoms with Gasteiger partial charge in [0.05, 0.1) is 6.04 Å². The lowest BCUT2D eigenvalue weighted by Gasteiger charge is -2.17. The molecule has 0 amide bonds. The maximum Gasteiger partial charge on any atom is 0.171 e. The first-order chi connectivity index (χ1) is 9.54. The van der Waals surface area contributed by atoms with Gasteiger partial charge < -0.3 is 10.6 Å². The Labute approximate surface area is 131 Å². The lowest BCUT2D eigenvalue weighted by Crippen LogP contribution is -2.30. The van der Waals surface area contributed by atoms with Gasteiger partial charge in [0.25, 0.3) is 0 Å². The molecule has 2 aromatic rings. The first-order valence-electron chi connectivity index (χ1n) is 6.13. The minimum Gasteiger partial charge on any atom is -0.356 e. The molecule has 0 saturated heterocycles. The van der Waals surface area contributed by atoms with Crippen LogP contribution in [0.3, 0.4) is 0 Å². The number of nitrogens with one attached hydrogen (secondary N) is 2. The van der Waals surface area contributed by atoms with E-state index in [1.807, 2.05) is 31.2 Å². The fraction of sp³-hybridized carbons (Fsp3) is 0.133. The van der Waals surface area contributed by atoms with Gasteiger partial charge in [0.1, 0.15) is 5.82 Å². The van der Waals surface area contributed by atoms with Crippen LogP contribution in [0.2, 0.25) is 0 Å². The van der Waals surface area contributed by atoms with Crippen LogP contribution in [-0.2, 0) is 0 Å². The number of anilines is 1. The monoisotopic (exact) mass is 352 g/mol. The zero-order valence-corrected chi connectivity index (χ0v) is 13.3. The smallest absolute Gasteiger partial charge is 0.171 e. The standard InChI is InChI=1S/C15H14BrFN2S/c1-10(11-5-7-13(17)8-6-11)18-15(20)19-14-4-2-3-12(16)9-14/h2-10H,1H3,(H2,18,19,20)/t10-/m0/s1. The normalized spacial score (nSPS) is 11.8. The molecule has 2 rings (SSSR count). The minimum absolute atomic E-state index is 0.00255. The summed E-state index contributed by atoms with van der Waals surface area (Å²) in [5.74, 6) is -0.240. The maximum absolute atomic E-state index is 12.9. The summed E-state index contributed by atoms with van der Waals surface area (Å²) >= 11 is 8.68. The Morgan fingerprint density at radius 2 is 1.90 bits per heavy atom. The van der Waals surface area contributed by atoms with E-state index < -0.39 is 0 Å². The first kappa shape index (κ1) is 14.9. The van der Waals surface area contributed by atoms with Crippen molar-refractivity contribution in [2.24, 2.45) is 0 Å². The second-order valence-corrected chi connectivity index (χ2v) is 5.71. The molecule has 2 aromatic carbocycles. The van der Waals surface area contributed by atoms with Gasteiger partial charge in [-0.15, -0.1) is 0 Å². The van der Waals surface area contributed by atoms with E-state index in [1.165, 1.54) is 12.1 Å². The number of rotatable bonds is 3. The quantitative estimate of drug-likeness (QED) is 0.787. The molecule has 104 valence electrons. The average molecular weight is 353 g/mol. The summed E-state index contributed by atoms with van der Waals surface area (Å²) in [5.41, 5.74) is 1.88. The Morgan fingerprint density at radius 3 is 2.55 bits per heavy atom. The van der Waals surface area contributed by atoms with Crippen LogP contribution in [0.4, 0.5) is 10.1 Å². The van der Waals surface area contributed by atoms with Crippen molar-refractivity contribution in [2.75, 3.05) is 5.32 Å². The lowest BCUT2D eigenvalue weighted by molar-refractivity contribution is 0.624. The Morgan fingerprint density at radius 1 is 1.20 bits per heavy atom. The van der Waals surface area contributed by atoms with Gasteiger partial charge in [0, 0.05) is 10.2 Å². The Bertz CT molecular complexity index is 601. The number of halogens is 2. The third-order valence-corrected chi connectivity index (χ3v) is 3.51. The van der Waals surface area contributed by atoms with E-state index in [0.717, 1.165) is 15.7 Å². The van der Waals surface area contributed by atoms with Gasteiger partial charge in [-0.1, -0.05) is 34.1 Å². The maximum atomic E-state index is 12.9. The largest absolute Gasteiger partial charge is 0.356 e. The van der Waals surface area contributed by atoms with E-state index in [-0.39, 0.29) is 11.9 Å². The van der Waals surface area contributed by atoms with Crippen molar-refractivity contribution in [1.82, 2.24) is 5.32 Å². The summed E-state index contributed by atoms with van der Waals surface area (Å²) in [6, 6.07) is 14.1. The first-order valence-corrected chi connectivity index (χ1v) is 7.33. The fourth-order valence-electron chi connectivity index (χ4n) is 1.76. The van der Waals surface area contributed by atoms with Crippen LogP contribution >= 0.6 is 28.1 Å². The number of benzene rings is 2. The van der Waals surface area contributed by atoms with Gasteiger partial charge in [0.2, 0.25) is 0 Å². The van der Waals surface area contributed by atoms with Gasteiger partial charge in [-0.3, -0.25) is 0 Å². The second kappa shape index (κ2) is 6.81. The number of thiocarbonyl (C=S) groups is 1. The minimum atomic E-state index is -0.240. The van der Waals surface area contributed by atoms with Crippen LogP contribution in [0.1, 0.15) is 18.5 Å². The van der Waals surface area contributed by atoms with Gasteiger partial charge in [-0.2, -0.15) is 0 Å². The lowest BCUT2D eigenvalue weighted by atomic mass is 10.1. The summed E-state index contributed by atoms with van der Waals surface area (Å²) in [6.45, 7) is 1.97. The van der Waals surface area contributed by atoms with Crippen molar-refractivity contribution in [3.8, 4) is 0 Å². The predicted molar refractivity (Wildman–Crippen MR) is 88.3 cm³/mol. The fourth-order valence-corrected chi connectivity index (χ4v) is 2.46. The molecule has 0 spiro atoms. The molecule has 0 heterocycles. The summed E-state index contributed by atoms with van der Waals surface area (Å²) in [5, 5.41) is 6.80. The van der Waals surface area contributed by atoms with Crippen molar-refractivity contribution in [2.45, 2.75) is 13.0 Å². The van der Waals surface area contributed by atoms with Gasteiger partial charge in [-0.25, -0.2) is 4.39 Å². The molecule has 0 fully saturated rings. The Hall–Kier alpha value is -1.46. The third kappa shape index (κ3) is 4.28. The zero-order valence-electron chi connectivity index (χ0n) is 10.9. The number of hydrogen-bond donors (Lipinski definition) is 2. The highest BCUT2D eigenvalue weighted by molar-refractivity contribution is 9.10. The predicted octanol–water partition coefficient (Wildman–Crippen LogP) is 4.64. The van der Waals surface area contributed by atoms with Crippen LogP contribution in [0, 0.1) is 5.82 Å². The SMILES string of the molecule is C[C@H](NC(=S)Nc1cccc(Br)c1)c1ccc(F)cc1. The molecular weight excluding hydrogens is 339 g/mol. The van der Waals surface area contributed by atoms with Crippen molar-refractivity contribution in [1.29, 1.82) is 0 Å². The van der Waals surface area contributed by atoms with Crippen LogP contribution in [0.5, 0.6) is 0 Å². The zero-order chi connectivity index (χ0) is 14.5. The summed E-state index contributed by atoms with van der Waals surface area (Å²) < 4.78 is 13.9. The van der Waals surface area contributed by atoms with E-state index >= 15 is 0 Å². The molecule has 5 heteroatoms. The molecule has 0 aliphatic rings. The van der Waals surface area contributed by atoms with Crippen LogP contribution in [-0.4, -0.2) is 5.11 Å². The van der Waals surface area contributed by atoms with E-state index in [4.69, 9.17) is 12.2 Å². The molecular formula is C15H14BrFN2S. The molecule has 0 bridgehead atoms. The summed E-state index contributed by atoms with van der Waals surface area (Å²) in [4.78, 5) is 0. The molecule has 0 saturated carbocycles. The van der Waals surface area contributed by atoms with Gasteiger partial charge in [-0.05, 0) is 55.0 Å². The average Bonchev–Trinajstić information content (AvgIpc) is 2.39. The summed E-state index contributed by atoms with van der Waals surface area (Å²) in [6.07, 6.45) is 0. The van der Waals surface area contributed by atoms with E-state index in [0.29, 0.717) is 5.11 Å². The molecule has 2 N–H and O–H groups in total. The van der Waals surface area contributed by atoms with Crippen molar-refractivity contribution in [3.63, 3.8) is 0 Å². The summed E-state index contributed by atoms with van der Waals surface area (Å²) in [7, 11) is 0. The van der Waals surface area contributed by atoms with Crippen molar-refractivity contribution >= 4 is 38.9 Å². The van der Waals surface area contributed by atoms with E-state index in [2.05, 4.69) is 26.6 Å². The highest BCUT2D eigenvalue weighted by Gasteiger charge is 2.07. The molecule has 0 aromatic heterocycles. The van der Waals surface area contributed by atoms with Gasteiger partial charge in [0.15, 0.2) is 5.11 Å². The molecule has 0 aliphatic carbocycles. The molecule has 2 nitrogen and oxygen atoms in total. The van der Waals surface area contributed by atoms with Gasteiger partial charge >= 0.3 is 0 Å². The Balaban J connectivity index is 1.95. The number of hydrogen-bond acceptors (Lipinski definition) is 1. The molecule has 0 unspecified atom stereocenters. The molecule has 0 radical (unpaired) electrons. The van der Waals surface area contributed by atoms with Crippen LogP contribution in [0.25, 0.3) is 0 Å². The van der Waals surface area contributed by atoms with E-state index in [1.54, 1.807) is 12.1 Å². The molecule has 0 aliphatic heterocycles. The van der Waals surface area contributed by atoms with Crippen molar-refractivity contribution in [3.05, 3.63) is 64.4 Å². The van der Waals surface area contributed by atoms with Crippen molar-refractivity contribution < 1.29 is 4.39 Å². The van der Waals surface area contributed by atoms with E-state index in [9.17, 15) is 4.39 Å². The highest BCUT2D eigenvalue weighted by Crippen LogP contribution is 2.16. The van der Waals surface area contributed by atoms with Crippen LogP contribution in [0.15, 0.2) is 53.0 Å². The molecule has 20 heavy (non-hydrogen) atoms. The second-order valence-electron chi connectivity index (χ2n) is 4.38. The topological polar surface area (TPSA) is 24.1 Å². The molecule has 1 atom stereocenters. The third-order valence-electron chi connectivity index (χ3n) is 2.80. The Kier molecular flexibility index (Phi) is 5.09.